The first-order valence-corrected chi connectivity index (χ1v) is 9.77. The quantitative estimate of drug-likeness (QED) is 0.625. The highest BCUT2D eigenvalue weighted by atomic mass is 16.5. The van der Waals surface area contributed by atoms with Gasteiger partial charge in [-0.3, -0.25) is 9.58 Å². The molecule has 2 N–H and O–H groups in total. The number of anilines is 3. The van der Waals surface area contributed by atoms with Gasteiger partial charge in [0, 0.05) is 43.8 Å². The lowest BCUT2D eigenvalue weighted by atomic mass is 10.1. The molecule has 4 rings (SSSR count). The highest BCUT2D eigenvalue weighted by molar-refractivity contribution is 5.94. The van der Waals surface area contributed by atoms with Crippen molar-refractivity contribution in [2.75, 3.05) is 30.4 Å². The molecular weight excluding hydrogens is 382 g/mol. The van der Waals surface area contributed by atoms with Gasteiger partial charge in [-0.15, -0.1) is 0 Å². The minimum atomic E-state index is -0.298. The second kappa shape index (κ2) is 8.11. The van der Waals surface area contributed by atoms with Crippen molar-refractivity contribution < 1.29 is 9.53 Å². The van der Waals surface area contributed by atoms with Gasteiger partial charge in [0.1, 0.15) is 5.82 Å². The van der Waals surface area contributed by atoms with E-state index >= 15 is 0 Å². The third kappa shape index (κ3) is 4.41. The van der Waals surface area contributed by atoms with Crippen molar-refractivity contribution >= 4 is 23.2 Å². The summed E-state index contributed by atoms with van der Waals surface area (Å²) in [5.74, 6) is 1.28. The minimum Gasteiger partial charge on any atom is -0.377 e. The number of nitrogens with zero attached hydrogens (tertiary/aromatic N) is 5. The van der Waals surface area contributed by atoms with Gasteiger partial charge in [0.25, 0.3) is 0 Å². The molecule has 1 aromatic carbocycles. The number of benzene rings is 1. The average molecular weight is 407 g/mol. The smallest absolute Gasteiger partial charge is 0.321 e. The van der Waals surface area contributed by atoms with E-state index in [9.17, 15) is 4.79 Å². The highest BCUT2D eigenvalue weighted by Crippen LogP contribution is 2.23. The van der Waals surface area contributed by atoms with Crippen LogP contribution in [0.3, 0.4) is 0 Å². The Hall–Kier alpha value is -3.46. The molecule has 9 nitrogen and oxygen atoms in total. The van der Waals surface area contributed by atoms with Crippen molar-refractivity contribution in [2.24, 2.45) is 0 Å². The van der Waals surface area contributed by atoms with Crippen LogP contribution >= 0.6 is 0 Å². The highest BCUT2D eigenvalue weighted by Gasteiger charge is 2.21. The first kappa shape index (κ1) is 19.8. The van der Waals surface area contributed by atoms with Gasteiger partial charge in [0.05, 0.1) is 24.0 Å². The number of carbonyl (C=O) groups is 1. The van der Waals surface area contributed by atoms with Crippen LogP contribution in [0.25, 0.3) is 11.4 Å². The van der Waals surface area contributed by atoms with E-state index in [1.165, 1.54) is 0 Å². The summed E-state index contributed by atoms with van der Waals surface area (Å²) in [6.45, 7) is 6.00. The van der Waals surface area contributed by atoms with Gasteiger partial charge in [0.15, 0.2) is 5.82 Å². The fourth-order valence-electron chi connectivity index (χ4n) is 3.19. The molecule has 0 unspecified atom stereocenters. The van der Waals surface area contributed by atoms with Crippen molar-refractivity contribution in [1.29, 1.82) is 0 Å². The second-order valence-corrected chi connectivity index (χ2v) is 7.71. The number of ether oxygens (including phenoxy) is 1. The van der Waals surface area contributed by atoms with Gasteiger partial charge in [-0.2, -0.15) is 5.10 Å². The lowest BCUT2D eigenvalue weighted by Gasteiger charge is -2.22. The second-order valence-electron chi connectivity index (χ2n) is 7.71. The van der Waals surface area contributed by atoms with Gasteiger partial charge in [-0.05, 0) is 44.2 Å². The molecule has 1 aliphatic heterocycles. The van der Waals surface area contributed by atoms with Crippen LogP contribution in [0.15, 0.2) is 48.9 Å². The zero-order valence-corrected chi connectivity index (χ0v) is 17.3. The van der Waals surface area contributed by atoms with Crippen molar-refractivity contribution in [3.63, 3.8) is 0 Å². The molecule has 0 saturated carbocycles. The molecule has 0 atom stereocenters. The summed E-state index contributed by atoms with van der Waals surface area (Å²) >= 11 is 0. The van der Waals surface area contributed by atoms with E-state index in [1.807, 2.05) is 55.1 Å². The molecule has 2 amide bonds. The number of hydrogen-bond acceptors (Lipinski definition) is 6. The number of carbonyl (C=O) groups excluding carboxylic acids is 1. The van der Waals surface area contributed by atoms with Crippen molar-refractivity contribution in [1.82, 2.24) is 25.1 Å². The fourth-order valence-corrected chi connectivity index (χ4v) is 3.19. The largest absolute Gasteiger partial charge is 0.377 e. The van der Waals surface area contributed by atoms with Crippen molar-refractivity contribution in [2.45, 2.75) is 26.0 Å². The zero-order valence-electron chi connectivity index (χ0n) is 17.3. The van der Waals surface area contributed by atoms with E-state index in [2.05, 4.69) is 25.7 Å². The van der Waals surface area contributed by atoms with E-state index < -0.39 is 0 Å². The van der Waals surface area contributed by atoms with E-state index in [-0.39, 0.29) is 11.6 Å². The molecule has 1 saturated heterocycles. The summed E-state index contributed by atoms with van der Waals surface area (Å²) in [6, 6.07) is 9.40. The van der Waals surface area contributed by atoms with Gasteiger partial charge < -0.3 is 15.4 Å². The topological polar surface area (TPSA) is 97.2 Å². The Balaban J connectivity index is 1.47. The molecule has 9 heteroatoms. The number of urea groups is 1. The standard InChI is InChI=1S/C21H25N7O2/c1-21(2,30-3)14-27-13-16(12-24-27)25-18-8-9-22-19(26-18)15-4-6-17(7-5-15)28-11-10-23-20(28)29/h4-9,12-13H,10-11,14H2,1-3H3,(H,23,29)(H,22,25,26). The third-order valence-corrected chi connectivity index (χ3v) is 4.95. The van der Waals surface area contributed by atoms with Crippen LogP contribution in [-0.4, -0.2) is 51.6 Å². The Labute approximate surface area is 175 Å². The number of hydrogen-bond donors (Lipinski definition) is 2. The summed E-state index contributed by atoms with van der Waals surface area (Å²) < 4.78 is 7.29. The molecule has 3 heterocycles. The Kier molecular flexibility index (Phi) is 5.37. The SMILES string of the molecule is COC(C)(C)Cn1cc(Nc2ccnc(-c3ccc(N4CCNC4=O)cc3)n2)cn1. The van der Waals surface area contributed by atoms with Gasteiger partial charge >= 0.3 is 6.03 Å². The zero-order chi connectivity index (χ0) is 21.1. The molecule has 2 aromatic heterocycles. The summed E-state index contributed by atoms with van der Waals surface area (Å²) in [4.78, 5) is 22.5. The van der Waals surface area contributed by atoms with E-state index in [1.54, 1.807) is 24.4 Å². The molecule has 3 aromatic rings. The van der Waals surface area contributed by atoms with Gasteiger partial charge in [0.2, 0.25) is 0 Å². The van der Waals surface area contributed by atoms with Crippen LogP contribution in [-0.2, 0) is 11.3 Å². The monoisotopic (exact) mass is 407 g/mol. The van der Waals surface area contributed by atoms with E-state index in [0.717, 1.165) is 16.9 Å². The lowest BCUT2D eigenvalue weighted by molar-refractivity contribution is 0.00543. The molecule has 0 spiro atoms. The van der Waals surface area contributed by atoms with E-state index in [4.69, 9.17) is 4.74 Å². The van der Waals surface area contributed by atoms with Gasteiger partial charge in [-0.1, -0.05) is 0 Å². The van der Waals surface area contributed by atoms with E-state index in [0.29, 0.717) is 31.3 Å². The molecule has 30 heavy (non-hydrogen) atoms. The first-order valence-electron chi connectivity index (χ1n) is 9.77. The molecule has 0 bridgehead atoms. The molecule has 0 radical (unpaired) electrons. The van der Waals surface area contributed by atoms with Crippen LogP contribution in [0.5, 0.6) is 0 Å². The maximum atomic E-state index is 11.8. The normalized spacial score (nSPS) is 14.1. The molecule has 1 fully saturated rings. The summed E-state index contributed by atoms with van der Waals surface area (Å²) in [5, 5.41) is 10.4. The Morgan fingerprint density at radius 1 is 1.23 bits per heavy atom. The van der Waals surface area contributed by atoms with Crippen LogP contribution in [0.2, 0.25) is 0 Å². The number of methoxy groups -OCH3 is 1. The number of aromatic nitrogens is 4. The minimum absolute atomic E-state index is 0.0698. The summed E-state index contributed by atoms with van der Waals surface area (Å²) in [7, 11) is 1.69. The molecular formula is C21H25N7O2. The Morgan fingerprint density at radius 2 is 2.03 bits per heavy atom. The van der Waals surface area contributed by atoms with Crippen LogP contribution in [0, 0.1) is 0 Å². The fraction of sp³-hybridized carbons (Fsp3) is 0.333. The number of amides is 2. The molecule has 156 valence electrons. The Bertz CT molecular complexity index is 1030. The van der Waals surface area contributed by atoms with Crippen LogP contribution < -0.4 is 15.5 Å². The average Bonchev–Trinajstić information content (AvgIpc) is 3.36. The summed E-state index contributed by atoms with van der Waals surface area (Å²) in [6.07, 6.45) is 5.38. The van der Waals surface area contributed by atoms with Crippen LogP contribution in [0.4, 0.5) is 22.0 Å². The number of nitrogens with one attached hydrogen (secondary N) is 2. The Morgan fingerprint density at radius 3 is 2.73 bits per heavy atom. The molecule has 0 aliphatic carbocycles. The van der Waals surface area contributed by atoms with Crippen molar-refractivity contribution in [3.8, 4) is 11.4 Å². The van der Waals surface area contributed by atoms with Gasteiger partial charge in [-0.25, -0.2) is 14.8 Å². The molecule has 1 aliphatic rings. The number of rotatable bonds is 7. The van der Waals surface area contributed by atoms with Crippen molar-refractivity contribution in [3.05, 3.63) is 48.9 Å². The first-order chi connectivity index (χ1) is 14.4. The summed E-state index contributed by atoms with van der Waals surface area (Å²) in [5.41, 5.74) is 2.27. The third-order valence-electron chi connectivity index (χ3n) is 4.95. The maximum Gasteiger partial charge on any atom is 0.321 e. The predicted octanol–water partition coefficient (Wildman–Crippen LogP) is 3.04. The maximum absolute atomic E-state index is 11.8. The predicted molar refractivity (Wildman–Crippen MR) is 115 cm³/mol. The van der Waals surface area contributed by atoms with Crippen LogP contribution in [0.1, 0.15) is 13.8 Å². The lowest BCUT2D eigenvalue weighted by Crippen LogP contribution is -2.29.